The molecule has 1 aromatic rings. The highest BCUT2D eigenvalue weighted by Gasteiger charge is 2.41. The fraction of sp³-hybridized carbons (Fsp3) is 0.611. The Morgan fingerprint density at radius 1 is 1.17 bits per heavy atom. The first-order valence-corrected chi connectivity index (χ1v) is 8.52. The molecule has 3 nitrogen and oxygen atoms in total. The Morgan fingerprint density at radius 3 is 2.38 bits per heavy atom. The Bertz CT molecular complexity index is 511. The zero-order chi connectivity index (χ0) is 17.6. The normalized spacial score (nSPS) is 22.7. The first kappa shape index (κ1) is 18.6. The van der Waals surface area contributed by atoms with Gasteiger partial charge in [0.15, 0.2) is 0 Å². The lowest BCUT2D eigenvalue weighted by molar-refractivity contribution is -0.182. The van der Waals surface area contributed by atoms with Gasteiger partial charge in [-0.2, -0.15) is 13.2 Å². The minimum Gasteiger partial charge on any atom is -0.336 e. The first-order chi connectivity index (χ1) is 11.3. The second-order valence-electron chi connectivity index (χ2n) is 6.63. The maximum absolute atomic E-state index is 12.6. The van der Waals surface area contributed by atoms with Gasteiger partial charge < -0.3 is 10.6 Å². The summed E-state index contributed by atoms with van der Waals surface area (Å²) < 4.78 is 37.9. The van der Waals surface area contributed by atoms with Crippen molar-refractivity contribution in [3.63, 3.8) is 0 Å². The van der Waals surface area contributed by atoms with Gasteiger partial charge in [0.1, 0.15) is 0 Å². The first-order valence-electron chi connectivity index (χ1n) is 8.52. The van der Waals surface area contributed by atoms with E-state index in [1.165, 1.54) is 5.56 Å². The van der Waals surface area contributed by atoms with E-state index in [1.807, 2.05) is 37.3 Å². The van der Waals surface area contributed by atoms with E-state index in [-0.39, 0.29) is 31.0 Å². The molecule has 1 aliphatic carbocycles. The zero-order valence-corrected chi connectivity index (χ0v) is 13.9. The molecule has 0 radical (unpaired) electrons. The molecule has 1 saturated carbocycles. The highest BCUT2D eigenvalue weighted by atomic mass is 19.4. The molecule has 0 bridgehead atoms. The van der Waals surface area contributed by atoms with E-state index in [4.69, 9.17) is 0 Å². The Labute approximate surface area is 141 Å². The number of hydrogen-bond donors (Lipinski definition) is 2. The second kappa shape index (κ2) is 8.40. The molecule has 0 spiro atoms. The van der Waals surface area contributed by atoms with Crippen LogP contribution in [0.4, 0.5) is 18.0 Å². The molecule has 1 aliphatic rings. The molecule has 0 saturated heterocycles. The summed E-state index contributed by atoms with van der Waals surface area (Å²) in [5.41, 5.74) is 1.22. The number of rotatable bonds is 5. The Hall–Kier alpha value is -1.72. The van der Waals surface area contributed by atoms with Crippen molar-refractivity contribution in [2.45, 2.75) is 63.7 Å². The quantitative estimate of drug-likeness (QED) is 0.817. The summed E-state index contributed by atoms with van der Waals surface area (Å²) >= 11 is 0. The molecule has 6 heteroatoms. The predicted octanol–water partition coefficient (Wildman–Crippen LogP) is 4.43. The molecule has 1 fully saturated rings. The number of hydrogen-bond acceptors (Lipinski definition) is 1. The molecule has 0 aromatic heterocycles. The van der Waals surface area contributed by atoms with Gasteiger partial charge in [0.05, 0.1) is 5.92 Å². The minimum atomic E-state index is -4.11. The maximum atomic E-state index is 12.6. The average molecular weight is 342 g/mol. The molecule has 1 unspecified atom stereocenters. The number of amides is 2. The van der Waals surface area contributed by atoms with Crippen LogP contribution in [-0.2, 0) is 6.42 Å². The molecule has 134 valence electrons. The summed E-state index contributed by atoms with van der Waals surface area (Å²) in [6.45, 7) is 1.93. The van der Waals surface area contributed by atoms with Gasteiger partial charge in [-0.1, -0.05) is 30.3 Å². The zero-order valence-electron chi connectivity index (χ0n) is 13.9. The molecular formula is C18H25F3N2O. The third-order valence-corrected chi connectivity index (χ3v) is 4.61. The molecule has 1 aromatic carbocycles. The third kappa shape index (κ3) is 6.06. The molecule has 0 aliphatic heterocycles. The molecule has 1 atom stereocenters. The molecule has 0 heterocycles. The van der Waals surface area contributed by atoms with Crippen molar-refractivity contribution in [1.82, 2.24) is 10.6 Å². The monoisotopic (exact) mass is 342 g/mol. The van der Waals surface area contributed by atoms with Crippen molar-refractivity contribution < 1.29 is 18.0 Å². The van der Waals surface area contributed by atoms with E-state index in [9.17, 15) is 18.0 Å². The van der Waals surface area contributed by atoms with Gasteiger partial charge in [-0.3, -0.25) is 0 Å². The fourth-order valence-electron chi connectivity index (χ4n) is 3.12. The molecule has 24 heavy (non-hydrogen) atoms. The average Bonchev–Trinajstić information content (AvgIpc) is 2.53. The van der Waals surface area contributed by atoms with Gasteiger partial charge in [0.25, 0.3) is 0 Å². The largest absolute Gasteiger partial charge is 0.391 e. The van der Waals surface area contributed by atoms with Gasteiger partial charge in [-0.05, 0) is 51.0 Å². The molecule has 2 rings (SSSR count). The summed E-state index contributed by atoms with van der Waals surface area (Å²) in [4.78, 5) is 12.0. The molecule has 2 N–H and O–H groups in total. The summed E-state index contributed by atoms with van der Waals surface area (Å²) in [5.74, 6) is -1.22. The van der Waals surface area contributed by atoms with Crippen molar-refractivity contribution in [1.29, 1.82) is 0 Å². The van der Waals surface area contributed by atoms with Crippen LogP contribution >= 0.6 is 0 Å². The van der Waals surface area contributed by atoms with Crippen LogP contribution < -0.4 is 10.6 Å². The SMILES string of the molecule is CC(CCc1ccccc1)NC(=O)NC1CCC(C(F)(F)F)CC1. The van der Waals surface area contributed by atoms with Crippen LogP contribution in [0.25, 0.3) is 0 Å². The second-order valence-corrected chi connectivity index (χ2v) is 6.63. The van der Waals surface area contributed by atoms with Crippen molar-refractivity contribution in [3.8, 4) is 0 Å². The lowest BCUT2D eigenvalue weighted by atomic mass is 9.85. The van der Waals surface area contributed by atoms with Crippen LogP contribution in [0, 0.1) is 5.92 Å². The maximum Gasteiger partial charge on any atom is 0.391 e. The van der Waals surface area contributed by atoms with E-state index < -0.39 is 12.1 Å². The highest BCUT2D eigenvalue weighted by molar-refractivity contribution is 5.74. The summed E-state index contributed by atoms with van der Waals surface area (Å²) in [5, 5.41) is 5.67. The Balaban J connectivity index is 1.66. The third-order valence-electron chi connectivity index (χ3n) is 4.61. The number of carbonyl (C=O) groups is 1. The van der Waals surface area contributed by atoms with Crippen LogP contribution in [0.5, 0.6) is 0 Å². The van der Waals surface area contributed by atoms with Gasteiger partial charge in [0, 0.05) is 12.1 Å². The van der Waals surface area contributed by atoms with E-state index in [0.717, 1.165) is 12.8 Å². The van der Waals surface area contributed by atoms with Gasteiger partial charge in [-0.15, -0.1) is 0 Å². The number of urea groups is 1. The summed E-state index contributed by atoms with van der Waals surface area (Å²) in [6, 6.07) is 9.59. The van der Waals surface area contributed by atoms with Crippen molar-refractivity contribution in [3.05, 3.63) is 35.9 Å². The number of halogens is 3. The van der Waals surface area contributed by atoms with E-state index >= 15 is 0 Å². The van der Waals surface area contributed by atoms with Gasteiger partial charge in [0.2, 0.25) is 0 Å². The lowest BCUT2D eigenvalue weighted by Crippen LogP contribution is -2.47. The van der Waals surface area contributed by atoms with Crippen LogP contribution in [0.2, 0.25) is 0 Å². The smallest absolute Gasteiger partial charge is 0.336 e. The van der Waals surface area contributed by atoms with Gasteiger partial charge in [-0.25, -0.2) is 4.79 Å². The number of carbonyl (C=O) groups excluding carboxylic acids is 1. The van der Waals surface area contributed by atoms with Crippen LogP contribution in [0.15, 0.2) is 30.3 Å². The fourth-order valence-corrected chi connectivity index (χ4v) is 3.12. The summed E-state index contributed by atoms with van der Waals surface area (Å²) in [6.07, 6.45) is -1.46. The molecule has 2 amide bonds. The van der Waals surface area contributed by atoms with Crippen molar-refractivity contribution in [2.24, 2.45) is 5.92 Å². The number of aryl methyl sites for hydroxylation is 1. The van der Waals surface area contributed by atoms with Crippen LogP contribution in [0.3, 0.4) is 0 Å². The standard InChI is InChI=1S/C18H25F3N2O/c1-13(7-8-14-5-3-2-4-6-14)22-17(24)23-16-11-9-15(10-12-16)18(19,20)21/h2-6,13,15-16H,7-12H2,1H3,(H2,22,23,24). The van der Waals surface area contributed by atoms with E-state index in [2.05, 4.69) is 10.6 Å². The van der Waals surface area contributed by atoms with Crippen molar-refractivity contribution in [2.75, 3.05) is 0 Å². The topological polar surface area (TPSA) is 41.1 Å². The van der Waals surface area contributed by atoms with Crippen molar-refractivity contribution >= 4 is 6.03 Å². The molecular weight excluding hydrogens is 317 g/mol. The lowest BCUT2D eigenvalue weighted by Gasteiger charge is -2.30. The Kier molecular flexibility index (Phi) is 6.52. The van der Waals surface area contributed by atoms with Crippen LogP contribution in [0.1, 0.15) is 44.6 Å². The number of nitrogens with one attached hydrogen (secondary N) is 2. The Morgan fingerprint density at radius 2 is 1.79 bits per heavy atom. The highest BCUT2D eigenvalue weighted by Crippen LogP contribution is 2.37. The number of alkyl halides is 3. The van der Waals surface area contributed by atoms with E-state index in [0.29, 0.717) is 12.8 Å². The van der Waals surface area contributed by atoms with Crippen LogP contribution in [-0.4, -0.2) is 24.3 Å². The van der Waals surface area contributed by atoms with E-state index in [1.54, 1.807) is 0 Å². The minimum absolute atomic E-state index is 0.0109. The number of benzene rings is 1. The van der Waals surface area contributed by atoms with Gasteiger partial charge >= 0.3 is 12.2 Å². The summed E-state index contributed by atoms with van der Waals surface area (Å²) in [7, 11) is 0. The predicted molar refractivity (Wildman–Crippen MR) is 87.7 cm³/mol.